The maximum Gasteiger partial charge on any atom is 0.239 e. The minimum absolute atomic E-state index is 0.326. The van der Waals surface area contributed by atoms with E-state index in [-0.39, 0.29) is 0 Å². The highest BCUT2D eigenvalue weighted by Crippen LogP contribution is 2.30. The van der Waals surface area contributed by atoms with E-state index in [2.05, 4.69) is 9.97 Å². The molecule has 0 bridgehead atoms. The van der Waals surface area contributed by atoms with Gasteiger partial charge in [-0.2, -0.15) is 4.98 Å². The van der Waals surface area contributed by atoms with E-state index in [1.165, 1.54) is 12.4 Å². The molecule has 88 valence electrons. The monoisotopic (exact) mass is 249 g/mol. The molecule has 4 nitrogen and oxygen atoms in total. The molecule has 0 spiro atoms. The molecule has 0 aliphatic rings. The number of halogens is 1. The van der Waals surface area contributed by atoms with Gasteiger partial charge in [-0.05, 0) is 37.1 Å². The maximum atomic E-state index is 5.95. The number of hydrogen-bond donors (Lipinski definition) is 1. The van der Waals surface area contributed by atoms with Crippen molar-refractivity contribution >= 4 is 17.4 Å². The van der Waals surface area contributed by atoms with E-state index >= 15 is 0 Å². The van der Waals surface area contributed by atoms with Crippen molar-refractivity contribution in [3.05, 3.63) is 40.7 Å². The molecule has 2 rings (SSSR count). The normalized spacial score (nSPS) is 10.3. The van der Waals surface area contributed by atoms with Crippen LogP contribution < -0.4 is 10.5 Å². The fourth-order valence-corrected chi connectivity index (χ4v) is 1.90. The van der Waals surface area contributed by atoms with Crippen molar-refractivity contribution < 1.29 is 4.74 Å². The first-order chi connectivity index (χ1) is 8.06. The minimum atomic E-state index is 0.326. The Labute approximate surface area is 104 Å². The summed E-state index contributed by atoms with van der Waals surface area (Å²) < 4.78 is 5.66. The van der Waals surface area contributed by atoms with Gasteiger partial charge < -0.3 is 10.5 Å². The zero-order valence-electron chi connectivity index (χ0n) is 9.57. The van der Waals surface area contributed by atoms with Crippen LogP contribution in [0.4, 0.5) is 5.82 Å². The van der Waals surface area contributed by atoms with E-state index in [0.29, 0.717) is 16.7 Å². The lowest BCUT2D eigenvalue weighted by Crippen LogP contribution is -1.97. The van der Waals surface area contributed by atoms with Crippen LogP contribution in [0.5, 0.6) is 11.6 Å². The van der Waals surface area contributed by atoms with Gasteiger partial charge in [0.15, 0.2) is 0 Å². The van der Waals surface area contributed by atoms with E-state index in [1.807, 2.05) is 26.0 Å². The van der Waals surface area contributed by atoms with Crippen LogP contribution in [-0.4, -0.2) is 9.97 Å². The molecule has 2 N–H and O–H groups in total. The molecule has 2 aromatic rings. The van der Waals surface area contributed by atoms with E-state index in [0.717, 1.165) is 16.9 Å². The van der Waals surface area contributed by atoms with Crippen LogP contribution in [0.25, 0.3) is 0 Å². The number of nitrogens with zero attached hydrogens (tertiary/aromatic N) is 2. The first-order valence-electron chi connectivity index (χ1n) is 5.08. The third-order valence-electron chi connectivity index (χ3n) is 2.26. The van der Waals surface area contributed by atoms with Gasteiger partial charge in [0.05, 0.1) is 12.4 Å². The molecule has 0 saturated heterocycles. The van der Waals surface area contributed by atoms with Crippen LogP contribution in [0.2, 0.25) is 5.02 Å². The molecule has 0 atom stereocenters. The summed E-state index contributed by atoms with van der Waals surface area (Å²) in [6, 6.07) is 3.67. The highest BCUT2D eigenvalue weighted by molar-refractivity contribution is 6.30. The van der Waals surface area contributed by atoms with Crippen LogP contribution in [0.15, 0.2) is 24.5 Å². The molecule has 1 aromatic heterocycles. The highest BCUT2D eigenvalue weighted by atomic mass is 35.5. The summed E-state index contributed by atoms with van der Waals surface area (Å²) >= 11 is 5.95. The van der Waals surface area contributed by atoms with E-state index < -0.39 is 0 Å². The van der Waals surface area contributed by atoms with Gasteiger partial charge in [-0.3, -0.25) is 4.98 Å². The molecule has 1 heterocycles. The Hall–Kier alpha value is -1.81. The topological polar surface area (TPSA) is 61.0 Å². The molecule has 0 aliphatic heterocycles. The van der Waals surface area contributed by atoms with E-state index in [9.17, 15) is 0 Å². The van der Waals surface area contributed by atoms with Gasteiger partial charge in [-0.1, -0.05) is 11.6 Å². The standard InChI is InChI=1S/C12H12ClN3O/c1-7-3-9(13)4-8(2)12(7)17-11-6-15-5-10(14)16-11/h3-6H,1-2H3,(H2,14,16). The average Bonchev–Trinajstić information content (AvgIpc) is 2.23. The van der Waals surface area contributed by atoms with Crippen molar-refractivity contribution in [1.82, 2.24) is 9.97 Å². The Kier molecular flexibility index (Phi) is 3.15. The summed E-state index contributed by atoms with van der Waals surface area (Å²) in [5.74, 6) is 1.43. The lowest BCUT2D eigenvalue weighted by molar-refractivity contribution is 0.454. The van der Waals surface area contributed by atoms with Crippen molar-refractivity contribution in [2.24, 2.45) is 0 Å². The fraction of sp³-hybridized carbons (Fsp3) is 0.167. The van der Waals surface area contributed by atoms with Crippen molar-refractivity contribution in [2.75, 3.05) is 5.73 Å². The van der Waals surface area contributed by atoms with Crippen molar-refractivity contribution in [1.29, 1.82) is 0 Å². The second-order valence-corrected chi connectivity index (χ2v) is 4.19. The summed E-state index contributed by atoms with van der Waals surface area (Å²) in [5.41, 5.74) is 7.43. The summed E-state index contributed by atoms with van der Waals surface area (Å²) in [6.07, 6.45) is 2.98. The van der Waals surface area contributed by atoms with E-state index in [1.54, 1.807) is 0 Å². The van der Waals surface area contributed by atoms with Gasteiger partial charge in [0.1, 0.15) is 11.6 Å². The molecule has 0 radical (unpaired) electrons. The Morgan fingerprint density at radius 3 is 2.41 bits per heavy atom. The minimum Gasteiger partial charge on any atom is -0.437 e. The van der Waals surface area contributed by atoms with Crippen LogP contribution in [0.3, 0.4) is 0 Å². The number of aromatic nitrogens is 2. The number of nitrogens with two attached hydrogens (primary N) is 1. The molecule has 5 heteroatoms. The third-order valence-corrected chi connectivity index (χ3v) is 2.48. The SMILES string of the molecule is Cc1cc(Cl)cc(C)c1Oc1cncc(N)n1. The molecule has 0 unspecified atom stereocenters. The second kappa shape index (κ2) is 4.59. The van der Waals surface area contributed by atoms with Crippen molar-refractivity contribution in [3.63, 3.8) is 0 Å². The molecule has 0 amide bonds. The van der Waals surface area contributed by atoms with Gasteiger partial charge in [-0.25, -0.2) is 0 Å². The summed E-state index contributed by atoms with van der Waals surface area (Å²) in [6.45, 7) is 3.85. The zero-order chi connectivity index (χ0) is 12.4. The summed E-state index contributed by atoms with van der Waals surface area (Å²) in [5, 5.41) is 0.686. The van der Waals surface area contributed by atoms with Crippen LogP contribution in [-0.2, 0) is 0 Å². The molecular weight excluding hydrogens is 238 g/mol. The van der Waals surface area contributed by atoms with Gasteiger partial charge in [0.25, 0.3) is 0 Å². The molecular formula is C12H12ClN3O. The van der Waals surface area contributed by atoms with Gasteiger partial charge >= 0.3 is 0 Å². The Morgan fingerprint density at radius 1 is 1.18 bits per heavy atom. The quantitative estimate of drug-likeness (QED) is 0.888. The average molecular weight is 250 g/mol. The third kappa shape index (κ3) is 2.65. The number of hydrogen-bond acceptors (Lipinski definition) is 4. The largest absolute Gasteiger partial charge is 0.437 e. The highest BCUT2D eigenvalue weighted by Gasteiger charge is 2.08. The lowest BCUT2D eigenvalue weighted by atomic mass is 10.1. The number of nitrogen functional groups attached to an aromatic ring is 1. The predicted molar refractivity (Wildman–Crippen MR) is 67.4 cm³/mol. The van der Waals surface area contributed by atoms with Crippen molar-refractivity contribution in [3.8, 4) is 11.6 Å². The number of aryl methyl sites for hydroxylation is 2. The van der Waals surface area contributed by atoms with Crippen LogP contribution in [0.1, 0.15) is 11.1 Å². The molecule has 0 saturated carbocycles. The first kappa shape index (κ1) is 11.7. The Bertz CT molecular complexity index is 534. The van der Waals surface area contributed by atoms with Gasteiger partial charge in [0, 0.05) is 5.02 Å². The number of rotatable bonds is 2. The number of ether oxygens (including phenoxy) is 1. The van der Waals surface area contributed by atoms with Gasteiger partial charge in [0.2, 0.25) is 5.88 Å². The van der Waals surface area contributed by atoms with Crippen molar-refractivity contribution in [2.45, 2.75) is 13.8 Å². The number of benzene rings is 1. The molecule has 0 fully saturated rings. The van der Waals surface area contributed by atoms with Crippen LogP contribution in [0, 0.1) is 13.8 Å². The predicted octanol–water partition coefficient (Wildman–Crippen LogP) is 3.12. The summed E-state index contributed by atoms with van der Waals surface area (Å²) in [4.78, 5) is 7.95. The number of anilines is 1. The van der Waals surface area contributed by atoms with Gasteiger partial charge in [-0.15, -0.1) is 0 Å². The van der Waals surface area contributed by atoms with E-state index in [4.69, 9.17) is 22.1 Å². The smallest absolute Gasteiger partial charge is 0.239 e. The fourth-order valence-electron chi connectivity index (χ4n) is 1.57. The Balaban J connectivity index is 2.36. The second-order valence-electron chi connectivity index (χ2n) is 3.75. The Morgan fingerprint density at radius 2 is 1.82 bits per heavy atom. The molecule has 17 heavy (non-hydrogen) atoms. The lowest BCUT2D eigenvalue weighted by Gasteiger charge is -2.11. The zero-order valence-corrected chi connectivity index (χ0v) is 10.3. The maximum absolute atomic E-state index is 5.95. The summed E-state index contributed by atoms with van der Waals surface area (Å²) in [7, 11) is 0. The molecule has 0 aliphatic carbocycles. The molecule has 1 aromatic carbocycles. The van der Waals surface area contributed by atoms with Crippen LogP contribution >= 0.6 is 11.6 Å². The first-order valence-corrected chi connectivity index (χ1v) is 5.46.